The molecule has 0 spiro atoms. The van der Waals surface area contributed by atoms with Crippen LogP contribution in [0.2, 0.25) is 0 Å². The largest absolute Gasteiger partial charge is 0.446 e. The van der Waals surface area contributed by atoms with Crippen molar-refractivity contribution in [2.24, 2.45) is 0 Å². The fraction of sp³-hybridized carbons (Fsp3) is 0.0769. The number of thioether (sulfide) groups is 1. The number of hydrogen-bond acceptors (Lipinski definition) is 4. The predicted octanol–water partition coefficient (Wildman–Crippen LogP) is 3.43. The lowest BCUT2D eigenvalue weighted by molar-refractivity contribution is -0.0328. The lowest BCUT2D eigenvalue weighted by Gasteiger charge is -2.08. The van der Waals surface area contributed by atoms with Gasteiger partial charge >= 0.3 is 5.51 Å². The highest BCUT2D eigenvalue weighted by molar-refractivity contribution is 8.00. The Morgan fingerprint density at radius 2 is 1.64 bits per heavy atom. The number of alkyl halides is 3. The molecule has 1 heterocycles. The summed E-state index contributed by atoms with van der Waals surface area (Å²) in [6.07, 6.45) is 0. The SMILES string of the molecule is O=C(NNC(=O)c1cccs1)c1ccc(SC(F)(F)F)cc1. The highest BCUT2D eigenvalue weighted by atomic mass is 32.2. The maximum atomic E-state index is 12.2. The summed E-state index contributed by atoms with van der Waals surface area (Å²) in [6, 6.07) is 8.16. The minimum Gasteiger partial charge on any atom is -0.267 e. The van der Waals surface area contributed by atoms with Crippen LogP contribution in [-0.2, 0) is 0 Å². The van der Waals surface area contributed by atoms with Crippen LogP contribution in [0.3, 0.4) is 0 Å². The van der Waals surface area contributed by atoms with Crippen molar-refractivity contribution in [3.8, 4) is 0 Å². The quantitative estimate of drug-likeness (QED) is 0.661. The molecule has 22 heavy (non-hydrogen) atoms. The monoisotopic (exact) mass is 346 g/mol. The Labute approximate surface area is 131 Å². The minimum absolute atomic E-state index is 0.0216. The van der Waals surface area contributed by atoms with Crippen LogP contribution in [0.1, 0.15) is 20.0 Å². The first-order valence-corrected chi connectivity index (χ1v) is 7.55. The van der Waals surface area contributed by atoms with Gasteiger partial charge in [0, 0.05) is 10.5 Å². The Morgan fingerprint density at radius 1 is 1.00 bits per heavy atom. The van der Waals surface area contributed by atoms with Crippen LogP contribution in [0.15, 0.2) is 46.7 Å². The maximum absolute atomic E-state index is 12.2. The third kappa shape index (κ3) is 4.78. The average Bonchev–Trinajstić information content (AvgIpc) is 2.97. The van der Waals surface area contributed by atoms with E-state index in [1.54, 1.807) is 17.5 Å². The van der Waals surface area contributed by atoms with Crippen molar-refractivity contribution in [3.63, 3.8) is 0 Å². The number of thiophene rings is 1. The molecule has 4 nitrogen and oxygen atoms in total. The van der Waals surface area contributed by atoms with Crippen molar-refractivity contribution in [1.29, 1.82) is 0 Å². The molecule has 0 aliphatic rings. The topological polar surface area (TPSA) is 58.2 Å². The van der Waals surface area contributed by atoms with Gasteiger partial charge in [-0.2, -0.15) is 13.2 Å². The number of hydrazine groups is 1. The number of hydrogen-bond donors (Lipinski definition) is 2. The normalized spacial score (nSPS) is 11.0. The Bertz CT molecular complexity index is 655. The van der Waals surface area contributed by atoms with E-state index in [0.717, 1.165) is 0 Å². The Morgan fingerprint density at radius 3 is 2.18 bits per heavy atom. The molecule has 116 valence electrons. The van der Waals surface area contributed by atoms with Crippen LogP contribution >= 0.6 is 23.1 Å². The fourth-order valence-electron chi connectivity index (χ4n) is 1.46. The number of carbonyl (C=O) groups is 2. The van der Waals surface area contributed by atoms with E-state index < -0.39 is 17.3 Å². The number of amides is 2. The summed E-state index contributed by atoms with van der Waals surface area (Å²) >= 11 is 0.951. The number of nitrogens with one attached hydrogen (secondary N) is 2. The first-order valence-electron chi connectivity index (χ1n) is 5.85. The van der Waals surface area contributed by atoms with Crippen LogP contribution in [0, 0.1) is 0 Å². The molecule has 0 atom stereocenters. The van der Waals surface area contributed by atoms with E-state index in [2.05, 4.69) is 10.9 Å². The summed E-state index contributed by atoms with van der Waals surface area (Å²) in [5, 5.41) is 1.72. The molecule has 0 unspecified atom stereocenters. The van der Waals surface area contributed by atoms with Crippen LogP contribution < -0.4 is 10.9 Å². The standard InChI is InChI=1S/C13H9F3N2O2S2/c14-13(15,16)22-9-5-3-8(4-6-9)11(19)17-18-12(20)10-2-1-7-21-10/h1-7H,(H,17,19)(H,18,20). The second kappa shape index (κ2) is 6.84. The predicted molar refractivity (Wildman–Crippen MR) is 77.6 cm³/mol. The molecule has 0 aliphatic carbocycles. The minimum atomic E-state index is -4.38. The van der Waals surface area contributed by atoms with Crippen molar-refractivity contribution >= 4 is 34.9 Å². The molecule has 0 radical (unpaired) electrons. The summed E-state index contributed by atoms with van der Waals surface area (Å²) in [5.41, 5.74) is 0.177. The van der Waals surface area contributed by atoms with Gasteiger partial charge in [-0.15, -0.1) is 11.3 Å². The van der Waals surface area contributed by atoms with Crippen molar-refractivity contribution in [1.82, 2.24) is 10.9 Å². The summed E-state index contributed by atoms with van der Waals surface area (Å²) in [6.45, 7) is 0. The molecule has 0 bridgehead atoms. The molecule has 2 amide bonds. The van der Waals surface area contributed by atoms with E-state index in [1.165, 1.54) is 35.6 Å². The van der Waals surface area contributed by atoms with E-state index >= 15 is 0 Å². The van der Waals surface area contributed by atoms with E-state index in [0.29, 0.717) is 4.88 Å². The molecule has 2 rings (SSSR count). The molecule has 9 heteroatoms. The number of carbonyl (C=O) groups excluding carboxylic acids is 2. The molecule has 1 aromatic heterocycles. The van der Waals surface area contributed by atoms with E-state index in [9.17, 15) is 22.8 Å². The summed E-state index contributed by atoms with van der Waals surface area (Å²) in [5.74, 6) is -1.08. The van der Waals surface area contributed by atoms with E-state index in [4.69, 9.17) is 0 Å². The highest BCUT2D eigenvalue weighted by Crippen LogP contribution is 2.36. The summed E-state index contributed by atoms with van der Waals surface area (Å²) < 4.78 is 36.5. The zero-order valence-corrected chi connectivity index (χ0v) is 12.4. The van der Waals surface area contributed by atoms with Gasteiger partial charge in [0.15, 0.2) is 0 Å². The van der Waals surface area contributed by atoms with Crippen LogP contribution in [0.5, 0.6) is 0 Å². The molecular formula is C13H9F3N2O2S2. The van der Waals surface area contributed by atoms with Gasteiger partial charge in [0.2, 0.25) is 0 Å². The third-order valence-corrected chi connectivity index (χ3v) is 3.99. The molecule has 0 saturated heterocycles. The molecule has 2 aromatic rings. The Kier molecular flexibility index (Phi) is 5.09. The Hall–Kier alpha value is -2.00. The smallest absolute Gasteiger partial charge is 0.267 e. The molecule has 1 aromatic carbocycles. The average molecular weight is 346 g/mol. The number of rotatable bonds is 3. The van der Waals surface area contributed by atoms with Crippen LogP contribution in [-0.4, -0.2) is 17.3 Å². The van der Waals surface area contributed by atoms with Gasteiger partial charge in [0.25, 0.3) is 11.8 Å². The highest BCUT2D eigenvalue weighted by Gasteiger charge is 2.29. The van der Waals surface area contributed by atoms with Gasteiger partial charge in [0.05, 0.1) is 4.88 Å². The molecular weight excluding hydrogens is 337 g/mol. The van der Waals surface area contributed by atoms with Crippen molar-refractivity contribution in [2.45, 2.75) is 10.4 Å². The summed E-state index contributed by atoms with van der Waals surface area (Å²) in [4.78, 5) is 23.8. The van der Waals surface area contributed by atoms with E-state index in [-0.39, 0.29) is 22.2 Å². The van der Waals surface area contributed by atoms with Gasteiger partial charge < -0.3 is 0 Å². The zero-order chi connectivity index (χ0) is 16.2. The second-order valence-electron chi connectivity index (χ2n) is 3.96. The Balaban J connectivity index is 1.91. The molecule has 0 saturated carbocycles. The van der Waals surface area contributed by atoms with Crippen LogP contribution in [0.25, 0.3) is 0 Å². The molecule has 0 aliphatic heterocycles. The maximum Gasteiger partial charge on any atom is 0.446 e. The second-order valence-corrected chi connectivity index (χ2v) is 6.04. The van der Waals surface area contributed by atoms with Crippen molar-refractivity contribution in [3.05, 3.63) is 52.2 Å². The first-order chi connectivity index (χ1) is 10.3. The van der Waals surface area contributed by atoms with Crippen molar-refractivity contribution < 1.29 is 22.8 Å². The lowest BCUT2D eigenvalue weighted by atomic mass is 10.2. The van der Waals surface area contributed by atoms with E-state index in [1.807, 2.05) is 0 Å². The van der Waals surface area contributed by atoms with Gasteiger partial charge in [-0.3, -0.25) is 20.4 Å². The third-order valence-electron chi connectivity index (χ3n) is 2.38. The summed E-state index contributed by atoms with van der Waals surface area (Å²) in [7, 11) is 0. The number of halogens is 3. The molecule has 0 fully saturated rings. The lowest BCUT2D eigenvalue weighted by Crippen LogP contribution is -2.41. The van der Waals surface area contributed by atoms with Gasteiger partial charge in [-0.25, -0.2) is 0 Å². The number of benzene rings is 1. The van der Waals surface area contributed by atoms with Crippen molar-refractivity contribution in [2.75, 3.05) is 0 Å². The zero-order valence-electron chi connectivity index (χ0n) is 10.8. The first kappa shape index (κ1) is 16.4. The van der Waals surface area contributed by atoms with Gasteiger partial charge in [-0.05, 0) is 47.5 Å². The van der Waals surface area contributed by atoms with Gasteiger partial charge in [-0.1, -0.05) is 6.07 Å². The fourth-order valence-corrected chi connectivity index (χ4v) is 2.62. The van der Waals surface area contributed by atoms with Gasteiger partial charge in [0.1, 0.15) is 0 Å². The van der Waals surface area contributed by atoms with Crippen LogP contribution in [0.4, 0.5) is 13.2 Å². The molecule has 2 N–H and O–H groups in total.